The van der Waals surface area contributed by atoms with Crippen molar-refractivity contribution in [2.24, 2.45) is 0 Å². The molecule has 7 nitrogen and oxygen atoms in total. The van der Waals surface area contributed by atoms with Crippen molar-refractivity contribution in [3.8, 4) is 17.2 Å². The van der Waals surface area contributed by atoms with E-state index in [1.165, 1.54) is 0 Å². The third-order valence-electron chi connectivity index (χ3n) is 7.52. The molecular formula is C38H39N3O4. The third-order valence-corrected chi connectivity index (χ3v) is 7.52. The summed E-state index contributed by atoms with van der Waals surface area (Å²) in [5.74, 6) is 2.15. The van der Waals surface area contributed by atoms with E-state index in [1.54, 1.807) is 0 Å². The average molecular weight is 602 g/mol. The van der Waals surface area contributed by atoms with Gasteiger partial charge in [0.1, 0.15) is 11.5 Å². The van der Waals surface area contributed by atoms with Crippen LogP contribution in [-0.4, -0.2) is 35.9 Å². The lowest BCUT2D eigenvalue weighted by molar-refractivity contribution is -0.121. The van der Waals surface area contributed by atoms with Crippen molar-refractivity contribution < 1.29 is 18.7 Å². The van der Waals surface area contributed by atoms with E-state index in [9.17, 15) is 9.59 Å². The zero-order valence-electron chi connectivity index (χ0n) is 25.8. The van der Waals surface area contributed by atoms with Crippen LogP contribution in [-0.2, 0) is 17.6 Å². The number of aromatic nitrogens is 1. The van der Waals surface area contributed by atoms with Crippen molar-refractivity contribution in [1.82, 2.24) is 10.3 Å². The zero-order chi connectivity index (χ0) is 31.4. The van der Waals surface area contributed by atoms with Crippen LogP contribution in [0.4, 0.5) is 5.69 Å². The number of ketones is 1. The number of benzene rings is 4. The molecule has 0 spiro atoms. The van der Waals surface area contributed by atoms with Crippen LogP contribution < -0.4 is 15.4 Å². The zero-order valence-corrected chi connectivity index (χ0v) is 25.8. The number of ether oxygens (including phenoxy) is 1. The van der Waals surface area contributed by atoms with Gasteiger partial charge in [0.2, 0.25) is 11.8 Å². The standard InChI is InChI=1S/C38H39N3O4/c1-3-12-36(42)39-26-31(40-35-18-11-10-17-33(35)37(43)29-13-6-4-7-14-29)25-28-19-21-32(22-20-28)44-24-23-34-27(2)45-38(41-34)30-15-8-5-9-16-30/h4-11,13-22,31,40H,3,12,23-26H2,1-2H3,(H,39,42)/t31-/m0/s1. The topological polar surface area (TPSA) is 93.5 Å². The van der Waals surface area contributed by atoms with Crippen molar-refractivity contribution in [3.05, 3.63) is 137 Å². The van der Waals surface area contributed by atoms with Crippen LogP contribution in [0.15, 0.2) is 114 Å². The lowest BCUT2D eigenvalue weighted by Gasteiger charge is -2.22. The quantitative estimate of drug-likeness (QED) is 0.121. The summed E-state index contributed by atoms with van der Waals surface area (Å²) >= 11 is 0. The van der Waals surface area contributed by atoms with Crippen LogP contribution >= 0.6 is 0 Å². The fourth-order valence-corrected chi connectivity index (χ4v) is 5.13. The number of oxazole rings is 1. The van der Waals surface area contributed by atoms with Gasteiger partial charge in [0.15, 0.2) is 5.78 Å². The Kier molecular flexibility index (Phi) is 10.8. The second kappa shape index (κ2) is 15.5. The number of amides is 1. The first kappa shape index (κ1) is 31.3. The maximum absolute atomic E-state index is 13.3. The van der Waals surface area contributed by atoms with E-state index in [4.69, 9.17) is 9.15 Å². The number of nitrogens with zero attached hydrogens (tertiary/aromatic N) is 1. The summed E-state index contributed by atoms with van der Waals surface area (Å²) in [7, 11) is 0. The highest BCUT2D eigenvalue weighted by Crippen LogP contribution is 2.23. The number of nitrogens with one attached hydrogen (secondary N) is 2. The monoisotopic (exact) mass is 601 g/mol. The van der Waals surface area contributed by atoms with Crippen LogP contribution in [0.3, 0.4) is 0 Å². The molecule has 0 saturated heterocycles. The summed E-state index contributed by atoms with van der Waals surface area (Å²) in [6.07, 6.45) is 2.53. The van der Waals surface area contributed by atoms with Gasteiger partial charge in [-0.1, -0.05) is 79.7 Å². The highest BCUT2D eigenvalue weighted by molar-refractivity contribution is 6.12. The summed E-state index contributed by atoms with van der Waals surface area (Å²) < 4.78 is 11.9. The van der Waals surface area contributed by atoms with Gasteiger partial charge in [-0.3, -0.25) is 9.59 Å². The number of carbonyl (C=O) groups excluding carboxylic acids is 2. The average Bonchev–Trinajstić information content (AvgIpc) is 3.45. The Bertz CT molecular complexity index is 1680. The number of carbonyl (C=O) groups is 2. The SMILES string of the molecule is CCCC(=O)NC[C@H](Cc1ccc(OCCc2nc(-c3ccccc3)oc2C)cc1)Nc1ccccc1C(=O)c1ccccc1. The van der Waals surface area contributed by atoms with Crippen molar-refractivity contribution in [1.29, 1.82) is 0 Å². The van der Waals surface area contributed by atoms with Gasteiger partial charge in [0, 0.05) is 47.8 Å². The van der Waals surface area contributed by atoms with E-state index in [2.05, 4.69) is 15.6 Å². The molecule has 0 radical (unpaired) electrons. The number of hydrogen-bond donors (Lipinski definition) is 2. The molecule has 7 heteroatoms. The van der Waals surface area contributed by atoms with Gasteiger partial charge in [-0.25, -0.2) is 4.98 Å². The van der Waals surface area contributed by atoms with Crippen LogP contribution in [0, 0.1) is 6.92 Å². The Hall–Kier alpha value is -5.17. The molecule has 2 N–H and O–H groups in total. The third kappa shape index (κ3) is 8.70. The normalized spacial score (nSPS) is 11.5. The summed E-state index contributed by atoms with van der Waals surface area (Å²) in [4.78, 5) is 30.3. The number of rotatable bonds is 15. The van der Waals surface area contributed by atoms with Crippen molar-refractivity contribution in [3.63, 3.8) is 0 Å². The smallest absolute Gasteiger partial charge is 0.226 e. The predicted molar refractivity (Wildman–Crippen MR) is 178 cm³/mol. The second-order valence-corrected chi connectivity index (χ2v) is 11.0. The van der Waals surface area contributed by atoms with Gasteiger partial charge < -0.3 is 19.8 Å². The second-order valence-electron chi connectivity index (χ2n) is 11.0. The van der Waals surface area contributed by atoms with Crippen molar-refractivity contribution >= 4 is 17.4 Å². The Morgan fingerprint density at radius 2 is 1.56 bits per heavy atom. The van der Waals surface area contributed by atoms with Gasteiger partial charge in [0.05, 0.1) is 12.3 Å². The first-order valence-corrected chi connectivity index (χ1v) is 15.5. The lowest BCUT2D eigenvalue weighted by atomic mass is 10.00. The molecule has 1 heterocycles. The largest absolute Gasteiger partial charge is 0.493 e. The first-order valence-electron chi connectivity index (χ1n) is 15.5. The number of hydrogen-bond acceptors (Lipinski definition) is 6. The number of aryl methyl sites for hydroxylation is 1. The molecule has 0 fully saturated rings. The maximum Gasteiger partial charge on any atom is 0.226 e. The summed E-state index contributed by atoms with van der Waals surface area (Å²) in [6, 6.07) is 34.5. The molecule has 5 aromatic rings. The highest BCUT2D eigenvalue weighted by Gasteiger charge is 2.18. The molecule has 0 unspecified atom stereocenters. The van der Waals surface area contributed by atoms with Gasteiger partial charge in [0.25, 0.3) is 0 Å². The number of para-hydroxylation sites is 1. The fraction of sp³-hybridized carbons (Fsp3) is 0.237. The van der Waals surface area contributed by atoms with Gasteiger partial charge in [-0.05, 0) is 61.7 Å². The molecule has 0 aliphatic rings. The van der Waals surface area contributed by atoms with E-state index >= 15 is 0 Å². The first-order chi connectivity index (χ1) is 22.0. The Labute approximate surface area is 264 Å². The minimum absolute atomic E-state index is 0.0138. The van der Waals surface area contributed by atoms with E-state index in [0.29, 0.717) is 49.4 Å². The molecule has 4 aromatic carbocycles. The van der Waals surface area contributed by atoms with Crippen LogP contribution in [0.5, 0.6) is 5.75 Å². The molecule has 0 aliphatic heterocycles. The van der Waals surface area contributed by atoms with E-state index in [0.717, 1.165) is 40.4 Å². The van der Waals surface area contributed by atoms with Crippen molar-refractivity contribution in [2.45, 2.75) is 45.6 Å². The highest BCUT2D eigenvalue weighted by atomic mass is 16.5. The van der Waals surface area contributed by atoms with E-state index in [-0.39, 0.29) is 17.7 Å². The fourth-order valence-electron chi connectivity index (χ4n) is 5.13. The Morgan fingerprint density at radius 1 is 0.867 bits per heavy atom. The molecule has 45 heavy (non-hydrogen) atoms. The van der Waals surface area contributed by atoms with E-state index in [1.807, 2.05) is 123 Å². The molecule has 0 saturated carbocycles. The van der Waals surface area contributed by atoms with Gasteiger partial charge in [-0.15, -0.1) is 0 Å². The van der Waals surface area contributed by atoms with Crippen molar-refractivity contribution in [2.75, 3.05) is 18.5 Å². The molecule has 1 atom stereocenters. The van der Waals surface area contributed by atoms with Crippen LogP contribution in [0.2, 0.25) is 0 Å². The van der Waals surface area contributed by atoms with Gasteiger partial charge >= 0.3 is 0 Å². The van der Waals surface area contributed by atoms with Crippen LogP contribution in [0.25, 0.3) is 11.5 Å². The summed E-state index contributed by atoms with van der Waals surface area (Å²) in [5.41, 5.74) is 4.87. The Morgan fingerprint density at radius 3 is 2.29 bits per heavy atom. The van der Waals surface area contributed by atoms with Gasteiger partial charge in [-0.2, -0.15) is 0 Å². The molecular weight excluding hydrogens is 562 g/mol. The lowest BCUT2D eigenvalue weighted by Crippen LogP contribution is -2.38. The molecule has 0 bridgehead atoms. The molecule has 1 aromatic heterocycles. The van der Waals surface area contributed by atoms with Crippen LogP contribution in [0.1, 0.15) is 52.7 Å². The summed E-state index contributed by atoms with van der Waals surface area (Å²) in [5, 5.41) is 6.60. The molecule has 1 amide bonds. The maximum atomic E-state index is 13.3. The minimum Gasteiger partial charge on any atom is -0.493 e. The minimum atomic E-state index is -0.142. The predicted octanol–water partition coefficient (Wildman–Crippen LogP) is 7.44. The number of anilines is 1. The molecule has 5 rings (SSSR count). The molecule has 0 aliphatic carbocycles. The Balaban J connectivity index is 1.22. The van der Waals surface area contributed by atoms with E-state index < -0.39 is 0 Å². The molecule has 230 valence electrons. The summed E-state index contributed by atoms with van der Waals surface area (Å²) in [6.45, 7) is 4.81.